The van der Waals surface area contributed by atoms with Gasteiger partial charge in [0.25, 0.3) is 0 Å². The minimum Gasteiger partial charge on any atom is -0.338 e. The van der Waals surface area contributed by atoms with Gasteiger partial charge in [-0.3, -0.25) is 5.43 Å². The standard InChI is InChI=1S/C10H17N5O2S2/c1-7-5-8(13-10(12-7)14-11)15-3-4-18-6-9(15)19(2,16)17/h5,9H,3-4,6,11H2,1-2H3,(H,12,13,14). The van der Waals surface area contributed by atoms with Crippen LogP contribution < -0.4 is 16.2 Å². The Labute approximate surface area is 116 Å². The Morgan fingerprint density at radius 3 is 2.89 bits per heavy atom. The summed E-state index contributed by atoms with van der Waals surface area (Å²) >= 11 is 1.64. The van der Waals surface area contributed by atoms with Gasteiger partial charge < -0.3 is 4.90 Å². The van der Waals surface area contributed by atoms with Crippen LogP contribution >= 0.6 is 11.8 Å². The summed E-state index contributed by atoms with van der Waals surface area (Å²) in [4.78, 5) is 10.2. The molecule has 0 aliphatic carbocycles. The summed E-state index contributed by atoms with van der Waals surface area (Å²) in [6.45, 7) is 2.46. The van der Waals surface area contributed by atoms with Crippen molar-refractivity contribution in [3.63, 3.8) is 0 Å². The first-order valence-electron chi connectivity index (χ1n) is 5.77. The number of nitrogens with zero attached hydrogens (tertiary/aromatic N) is 3. The minimum absolute atomic E-state index is 0.292. The van der Waals surface area contributed by atoms with Crippen molar-refractivity contribution in [2.45, 2.75) is 12.3 Å². The van der Waals surface area contributed by atoms with Crippen LogP contribution in [0.15, 0.2) is 6.07 Å². The summed E-state index contributed by atoms with van der Waals surface area (Å²) in [5, 5.41) is -0.550. The van der Waals surface area contributed by atoms with E-state index in [4.69, 9.17) is 5.84 Å². The van der Waals surface area contributed by atoms with Crippen LogP contribution in [0.25, 0.3) is 0 Å². The molecule has 9 heteroatoms. The number of aromatic nitrogens is 2. The summed E-state index contributed by atoms with van der Waals surface area (Å²) in [6, 6.07) is 1.77. The average molecular weight is 303 g/mol. The van der Waals surface area contributed by atoms with E-state index < -0.39 is 15.2 Å². The highest BCUT2D eigenvalue weighted by molar-refractivity contribution is 8.01. The van der Waals surface area contributed by atoms with Gasteiger partial charge in [-0.2, -0.15) is 16.7 Å². The fourth-order valence-electron chi connectivity index (χ4n) is 1.96. The number of nitrogens with one attached hydrogen (secondary N) is 1. The predicted molar refractivity (Wildman–Crippen MR) is 77.9 cm³/mol. The van der Waals surface area contributed by atoms with Gasteiger partial charge in [-0.15, -0.1) is 0 Å². The van der Waals surface area contributed by atoms with Crippen LogP contribution in [0.1, 0.15) is 5.69 Å². The molecule has 0 amide bonds. The van der Waals surface area contributed by atoms with Gasteiger partial charge in [0.2, 0.25) is 5.95 Å². The number of anilines is 2. The van der Waals surface area contributed by atoms with Gasteiger partial charge in [0.15, 0.2) is 9.84 Å². The molecule has 1 fully saturated rings. The zero-order valence-corrected chi connectivity index (χ0v) is 12.5. The minimum atomic E-state index is -3.16. The molecule has 0 aromatic carbocycles. The van der Waals surface area contributed by atoms with Crippen molar-refractivity contribution in [1.82, 2.24) is 9.97 Å². The second kappa shape index (κ2) is 5.51. The number of hydrogen-bond acceptors (Lipinski definition) is 8. The second-order valence-corrected chi connectivity index (χ2v) is 7.74. The number of nitrogens with two attached hydrogens (primary N) is 1. The molecule has 0 spiro atoms. The molecule has 1 aliphatic heterocycles. The highest BCUT2D eigenvalue weighted by Gasteiger charge is 2.32. The molecular weight excluding hydrogens is 286 g/mol. The molecule has 1 aliphatic rings. The van der Waals surface area contributed by atoms with E-state index in [0.29, 0.717) is 24.1 Å². The molecule has 7 nitrogen and oxygen atoms in total. The van der Waals surface area contributed by atoms with Crippen molar-refractivity contribution in [3.8, 4) is 0 Å². The van der Waals surface area contributed by atoms with E-state index in [-0.39, 0.29) is 0 Å². The van der Waals surface area contributed by atoms with E-state index in [9.17, 15) is 8.42 Å². The van der Waals surface area contributed by atoms with Crippen molar-refractivity contribution in [1.29, 1.82) is 0 Å². The molecular formula is C10H17N5O2S2. The Kier molecular flexibility index (Phi) is 4.16. The van der Waals surface area contributed by atoms with Crippen LogP contribution in [0.5, 0.6) is 0 Å². The summed E-state index contributed by atoms with van der Waals surface area (Å²) in [5.41, 5.74) is 3.14. The van der Waals surface area contributed by atoms with Crippen LogP contribution in [0.2, 0.25) is 0 Å². The van der Waals surface area contributed by atoms with E-state index in [1.54, 1.807) is 22.7 Å². The Morgan fingerprint density at radius 2 is 2.26 bits per heavy atom. The number of thioether (sulfide) groups is 1. The van der Waals surface area contributed by atoms with E-state index >= 15 is 0 Å². The molecule has 19 heavy (non-hydrogen) atoms. The van der Waals surface area contributed by atoms with Crippen LogP contribution in [-0.4, -0.2) is 48.1 Å². The Hall–Kier alpha value is -1.06. The number of aryl methyl sites for hydroxylation is 1. The maximum absolute atomic E-state index is 11.9. The number of sulfone groups is 1. The lowest BCUT2D eigenvalue weighted by atomic mass is 10.4. The van der Waals surface area contributed by atoms with E-state index in [0.717, 1.165) is 11.4 Å². The van der Waals surface area contributed by atoms with E-state index in [1.165, 1.54) is 6.26 Å². The molecule has 2 rings (SSSR count). The molecule has 1 unspecified atom stereocenters. The van der Waals surface area contributed by atoms with Gasteiger partial charge in [0, 0.05) is 36.1 Å². The normalized spacial score (nSPS) is 20.4. The molecule has 0 saturated carbocycles. The van der Waals surface area contributed by atoms with Crippen LogP contribution in [0, 0.1) is 6.92 Å². The Balaban J connectivity index is 2.40. The lowest BCUT2D eigenvalue weighted by Crippen LogP contribution is -2.47. The van der Waals surface area contributed by atoms with Crippen LogP contribution in [-0.2, 0) is 9.84 Å². The molecule has 3 N–H and O–H groups in total. The summed E-state index contributed by atoms with van der Waals surface area (Å²) in [5.74, 6) is 7.63. The fourth-order valence-corrected chi connectivity index (χ4v) is 4.79. The van der Waals surface area contributed by atoms with Gasteiger partial charge in [0.1, 0.15) is 11.2 Å². The first-order chi connectivity index (χ1) is 8.91. The largest absolute Gasteiger partial charge is 0.338 e. The highest BCUT2D eigenvalue weighted by Crippen LogP contribution is 2.26. The van der Waals surface area contributed by atoms with Crippen LogP contribution in [0.4, 0.5) is 11.8 Å². The van der Waals surface area contributed by atoms with Crippen molar-refractivity contribution in [3.05, 3.63) is 11.8 Å². The lowest BCUT2D eigenvalue weighted by Gasteiger charge is -2.35. The number of hydrogen-bond donors (Lipinski definition) is 2. The van der Waals surface area contributed by atoms with Crippen molar-refractivity contribution >= 4 is 33.4 Å². The van der Waals surface area contributed by atoms with Crippen LogP contribution in [0.3, 0.4) is 0 Å². The smallest absolute Gasteiger partial charge is 0.239 e. The molecule has 1 saturated heterocycles. The third-order valence-corrected chi connectivity index (χ3v) is 5.49. The molecule has 1 atom stereocenters. The molecule has 0 bridgehead atoms. The quantitative estimate of drug-likeness (QED) is 0.594. The van der Waals surface area contributed by atoms with E-state index in [2.05, 4.69) is 15.4 Å². The monoisotopic (exact) mass is 303 g/mol. The Morgan fingerprint density at radius 1 is 1.53 bits per heavy atom. The zero-order valence-electron chi connectivity index (χ0n) is 10.8. The predicted octanol–water partition coefficient (Wildman–Crippen LogP) is -0.00548. The first-order valence-corrected chi connectivity index (χ1v) is 8.88. The van der Waals surface area contributed by atoms with Gasteiger partial charge in [-0.1, -0.05) is 0 Å². The van der Waals surface area contributed by atoms with E-state index in [1.807, 2.05) is 6.92 Å². The van der Waals surface area contributed by atoms with Crippen molar-refractivity contribution < 1.29 is 8.42 Å². The Bertz CT molecular complexity index is 563. The molecule has 2 heterocycles. The van der Waals surface area contributed by atoms with Crippen molar-refractivity contribution in [2.24, 2.45) is 5.84 Å². The summed E-state index contributed by atoms with van der Waals surface area (Å²) in [7, 11) is -3.16. The van der Waals surface area contributed by atoms with Gasteiger partial charge in [-0.25, -0.2) is 19.2 Å². The SMILES string of the molecule is Cc1cc(N2CCSCC2S(C)(=O)=O)nc(NN)n1. The number of rotatable bonds is 3. The number of nitrogen functional groups attached to an aromatic ring is 1. The first kappa shape index (κ1) is 14.4. The van der Waals surface area contributed by atoms with Gasteiger partial charge in [-0.05, 0) is 6.92 Å². The van der Waals surface area contributed by atoms with Gasteiger partial charge in [0.05, 0.1) is 0 Å². The van der Waals surface area contributed by atoms with Gasteiger partial charge >= 0.3 is 0 Å². The maximum Gasteiger partial charge on any atom is 0.239 e. The molecule has 0 radical (unpaired) electrons. The lowest BCUT2D eigenvalue weighted by molar-refractivity contribution is 0.583. The third kappa shape index (κ3) is 3.28. The third-order valence-electron chi connectivity index (χ3n) is 2.84. The summed E-state index contributed by atoms with van der Waals surface area (Å²) < 4.78 is 23.7. The zero-order chi connectivity index (χ0) is 14.0. The number of hydrazine groups is 1. The van der Waals surface area contributed by atoms with Crippen molar-refractivity contribution in [2.75, 3.05) is 34.6 Å². The molecule has 106 valence electrons. The molecule has 1 aromatic rings. The second-order valence-electron chi connectivity index (χ2n) is 4.39. The highest BCUT2D eigenvalue weighted by atomic mass is 32.2. The fraction of sp³-hybridized carbons (Fsp3) is 0.600. The molecule has 1 aromatic heterocycles. The average Bonchev–Trinajstić information content (AvgIpc) is 2.37. The topological polar surface area (TPSA) is 101 Å². The maximum atomic E-state index is 11.9. The summed E-state index contributed by atoms with van der Waals surface area (Å²) in [6.07, 6.45) is 1.26.